The lowest BCUT2D eigenvalue weighted by Gasteiger charge is -2.33. The number of carbonyl (C=O) groups excluding carboxylic acids is 1. The van der Waals surface area contributed by atoms with E-state index in [9.17, 15) is 9.18 Å². The molecule has 2 rings (SSSR count). The highest BCUT2D eigenvalue weighted by Crippen LogP contribution is 2.27. The van der Waals surface area contributed by atoms with Crippen molar-refractivity contribution >= 4 is 14.6 Å². The summed E-state index contributed by atoms with van der Waals surface area (Å²) >= 11 is 0. The Hall–Kier alpha value is -1.78. The first-order valence-electron chi connectivity index (χ1n) is 9.20. The number of hydrogen-bond donors (Lipinski definition) is 0. The fourth-order valence-electron chi connectivity index (χ4n) is 3.39. The van der Waals surface area contributed by atoms with Gasteiger partial charge in [-0.25, -0.2) is 4.39 Å². The number of aldehydes is 1. The lowest BCUT2D eigenvalue weighted by molar-refractivity contribution is -0.113. The van der Waals surface area contributed by atoms with Crippen LogP contribution in [-0.4, -0.2) is 20.7 Å². The quantitative estimate of drug-likeness (QED) is 0.442. The van der Waals surface area contributed by atoms with Crippen LogP contribution in [0.5, 0.6) is 0 Å². The third-order valence-corrected chi connectivity index (χ3v) is 5.64. The van der Waals surface area contributed by atoms with Crippen LogP contribution in [-0.2, 0) is 22.1 Å². The van der Waals surface area contributed by atoms with Gasteiger partial charge in [0, 0.05) is 12.0 Å². The van der Waals surface area contributed by atoms with E-state index in [4.69, 9.17) is 4.43 Å². The van der Waals surface area contributed by atoms with Crippen LogP contribution < -0.4 is 0 Å². The summed E-state index contributed by atoms with van der Waals surface area (Å²) in [6, 6.07) is 16.6. The van der Waals surface area contributed by atoms with Gasteiger partial charge in [-0.05, 0) is 68.6 Å². The van der Waals surface area contributed by atoms with Gasteiger partial charge in [-0.3, -0.25) is 0 Å². The summed E-state index contributed by atoms with van der Waals surface area (Å²) in [5.74, 6) is -0.341. The lowest BCUT2D eigenvalue weighted by Crippen LogP contribution is -2.39. The van der Waals surface area contributed by atoms with E-state index in [0.717, 1.165) is 17.4 Å². The van der Waals surface area contributed by atoms with Crippen LogP contribution in [0.3, 0.4) is 0 Å². The smallest absolute Gasteiger partial charge is 0.184 e. The van der Waals surface area contributed by atoms with E-state index in [2.05, 4.69) is 38.7 Å². The summed E-state index contributed by atoms with van der Waals surface area (Å²) in [6.45, 7) is 8.54. The molecule has 0 unspecified atom stereocenters. The number of rotatable bonds is 9. The second kappa shape index (κ2) is 9.24. The zero-order chi connectivity index (χ0) is 19.2. The van der Waals surface area contributed by atoms with Gasteiger partial charge in [0.1, 0.15) is 12.1 Å². The zero-order valence-corrected chi connectivity index (χ0v) is 17.1. The standard InChI is InChI=1S/C22H29FO2Si/c1-17(25-26(2,3)4)22(15-19-10-12-21(23)13-11-19)20(16-24)14-18-8-6-5-7-9-18/h5-13,16-17,20,22H,14-15H2,1-4H3/t17-,20+,22+/m0/s1. The molecule has 2 aromatic carbocycles. The van der Waals surface area contributed by atoms with Gasteiger partial charge in [0.25, 0.3) is 0 Å². The third-order valence-electron chi connectivity index (χ3n) is 4.57. The molecule has 0 saturated heterocycles. The molecule has 2 aromatic rings. The fraction of sp³-hybridized carbons (Fsp3) is 0.409. The molecule has 0 saturated carbocycles. The molecule has 3 atom stereocenters. The molecule has 0 aliphatic rings. The van der Waals surface area contributed by atoms with Crippen molar-refractivity contribution in [3.63, 3.8) is 0 Å². The highest BCUT2D eigenvalue weighted by atomic mass is 28.4. The topological polar surface area (TPSA) is 26.3 Å². The van der Waals surface area contributed by atoms with E-state index >= 15 is 0 Å². The Balaban J connectivity index is 2.24. The molecule has 0 heterocycles. The van der Waals surface area contributed by atoms with Crippen molar-refractivity contribution in [3.8, 4) is 0 Å². The summed E-state index contributed by atoms with van der Waals surface area (Å²) < 4.78 is 19.6. The fourth-order valence-corrected chi connectivity index (χ4v) is 4.68. The van der Waals surface area contributed by atoms with Crippen LogP contribution in [0.15, 0.2) is 54.6 Å². The number of carbonyl (C=O) groups is 1. The van der Waals surface area contributed by atoms with Gasteiger partial charge in [-0.15, -0.1) is 0 Å². The minimum absolute atomic E-state index is 0.0365. The maximum Gasteiger partial charge on any atom is 0.184 e. The molecule has 0 aliphatic heterocycles. The maximum atomic E-state index is 13.2. The lowest BCUT2D eigenvalue weighted by atomic mass is 9.80. The van der Waals surface area contributed by atoms with E-state index in [1.165, 1.54) is 12.1 Å². The van der Waals surface area contributed by atoms with Crippen molar-refractivity contribution in [2.75, 3.05) is 0 Å². The third kappa shape index (κ3) is 6.50. The second-order valence-corrected chi connectivity index (χ2v) is 12.4. The van der Waals surface area contributed by atoms with Gasteiger partial charge in [0.15, 0.2) is 8.32 Å². The van der Waals surface area contributed by atoms with Crippen molar-refractivity contribution in [1.82, 2.24) is 0 Å². The highest BCUT2D eigenvalue weighted by Gasteiger charge is 2.31. The van der Waals surface area contributed by atoms with Crippen molar-refractivity contribution < 1.29 is 13.6 Å². The monoisotopic (exact) mass is 372 g/mol. The average Bonchev–Trinajstić information content (AvgIpc) is 2.59. The first-order valence-corrected chi connectivity index (χ1v) is 12.6. The summed E-state index contributed by atoms with van der Waals surface area (Å²) in [5, 5.41) is 0. The first kappa shape index (κ1) is 20.5. The van der Waals surface area contributed by atoms with Crippen molar-refractivity contribution in [1.29, 1.82) is 0 Å². The molecule has 2 nitrogen and oxygen atoms in total. The number of benzene rings is 2. The second-order valence-electron chi connectivity index (χ2n) is 7.92. The molecule has 0 radical (unpaired) electrons. The Morgan fingerprint density at radius 1 is 0.962 bits per heavy atom. The zero-order valence-electron chi connectivity index (χ0n) is 16.1. The van der Waals surface area contributed by atoms with Crippen LogP contribution in [0.2, 0.25) is 19.6 Å². The number of hydrogen-bond acceptors (Lipinski definition) is 2. The summed E-state index contributed by atoms with van der Waals surface area (Å²) in [6.07, 6.45) is 2.41. The molecule has 0 spiro atoms. The summed E-state index contributed by atoms with van der Waals surface area (Å²) in [4.78, 5) is 12.0. The van der Waals surface area contributed by atoms with Crippen LogP contribution in [0, 0.1) is 17.7 Å². The SMILES string of the molecule is C[C@H](O[Si](C)(C)C)[C@@H](Cc1ccc(F)cc1)[C@@H](C=O)Cc1ccccc1. The Kier molecular flexibility index (Phi) is 7.30. The molecule has 26 heavy (non-hydrogen) atoms. The van der Waals surface area contributed by atoms with E-state index < -0.39 is 8.32 Å². The van der Waals surface area contributed by atoms with Gasteiger partial charge < -0.3 is 9.22 Å². The van der Waals surface area contributed by atoms with Gasteiger partial charge in [-0.2, -0.15) is 0 Å². The van der Waals surface area contributed by atoms with Crippen molar-refractivity contribution in [3.05, 3.63) is 71.5 Å². The Morgan fingerprint density at radius 2 is 1.54 bits per heavy atom. The Bertz CT molecular complexity index is 680. The molecule has 140 valence electrons. The molecular formula is C22H29FO2Si. The molecule has 0 N–H and O–H groups in total. The van der Waals surface area contributed by atoms with Crippen LogP contribution in [0.4, 0.5) is 4.39 Å². The van der Waals surface area contributed by atoms with Crippen molar-refractivity contribution in [2.45, 2.75) is 45.5 Å². The van der Waals surface area contributed by atoms with Gasteiger partial charge in [-0.1, -0.05) is 42.5 Å². The average molecular weight is 373 g/mol. The number of halogens is 1. The molecule has 0 bridgehead atoms. The summed E-state index contributed by atoms with van der Waals surface area (Å²) in [7, 11) is -1.74. The van der Waals surface area contributed by atoms with Gasteiger partial charge >= 0.3 is 0 Å². The maximum absolute atomic E-state index is 13.2. The van der Waals surface area contributed by atoms with Crippen LogP contribution in [0.25, 0.3) is 0 Å². The molecule has 0 aromatic heterocycles. The molecule has 0 amide bonds. The highest BCUT2D eigenvalue weighted by molar-refractivity contribution is 6.69. The minimum Gasteiger partial charge on any atom is -0.415 e. The van der Waals surface area contributed by atoms with E-state index in [1.54, 1.807) is 12.1 Å². The Labute approximate surface area is 157 Å². The predicted molar refractivity (Wildman–Crippen MR) is 107 cm³/mol. The van der Waals surface area contributed by atoms with E-state index in [1.807, 2.05) is 18.2 Å². The molecule has 0 fully saturated rings. The molecule has 4 heteroatoms. The summed E-state index contributed by atoms with van der Waals surface area (Å²) in [5.41, 5.74) is 2.18. The van der Waals surface area contributed by atoms with E-state index in [0.29, 0.717) is 12.8 Å². The first-order chi connectivity index (χ1) is 12.3. The predicted octanol–water partition coefficient (Wildman–Crippen LogP) is 5.28. The van der Waals surface area contributed by atoms with Crippen LogP contribution >= 0.6 is 0 Å². The van der Waals surface area contributed by atoms with Crippen LogP contribution in [0.1, 0.15) is 18.1 Å². The van der Waals surface area contributed by atoms with Gasteiger partial charge in [0.05, 0.1) is 0 Å². The van der Waals surface area contributed by atoms with Gasteiger partial charge in [0.2, 0.25) is 0 Å². The Morgan fingerprint density at radius 3 is 2.08 bits per heavy atom. The van der Waals surface area contributed by atoms with Crippen molar-refractivity contribution in [2.24, 2.45) is 11.8 Å². The normalized spacial score (nSPS) is 15.3. The minimum atomic E-state index is -1.74. The molecular weight excluding hydrogens is 343 g/mol. The molecule has 0 aliphatic carbocycles. The van der Waals surface area contributed by atoms with E-state index in [-0.39, 0.29) is 23.8 Å². The largest absolute Gasteiger partial charge is 0.415 e.